The van der Waals surface area contributed by atoms with Gasteiger partial charge in [-0.25, -0.2) is 4.98 Å². The highest BCUT2D eigenvalue weighted by atomic mass is 35.5. The van der Waals surface area contributed by atoms with Gasteiger partial charge in [0.1, 0.15) is 5.15 Å². The molecule has 0 aliphatic rings. The van der Waals surface area contributed by atoms with E-state index in [0.29, 0.717) is 5.15 Å². The molecular weight excluding hydrogens is 156 g/mol. The SMILES string of the molecule is Clc1cnc2sccn12. The van der Waals surface area contributed by atoms with Crippen molar-refractivity contribution < 1.29 is 0 Å². The average molecular weight is 159 g/mol. The van der Waals surface area contributed by atoms with Crippen LogP contribution in [0.2, 0.25) is 5.15 Å². The van der Waals surface area contributed by atoms with Gasteiger partial charge in [-0.2, -0.15) is 0 Å². The van der Waals surface area contributed by atoms with Crippen LogP contribution >= 0.6 is 22.9 Å². The van der Waals surface area contributed by atoms with E-state index in [4.69, 9.17) is 11.6 Å². The zero-order chi connectivity index (χ0) is 6.27. The van der Waals surface area contributed by atoms with E-state index in [0.717, 1.165) is 4.96 Å². The van der Waals surface area contributed by atoms with E-state index in [1.165, 1.54) is 0 Å². The molecule has 46 valence electrons. The smallest absolute Gasteiger partial charge is 0.194 e. The zero-order valence-electron chi connectivity index (χ0n) is 4.41. The summed E-state index contributed by atoms with van der Waals surface area (Å²) in [5, 5.41) is 2.63. The number of rotatable bonds is 0. The second kappa shape index (κ2) is 1.72. The van der Waals surface area contributed by atoms with E-state index in [9.17, 15) is 0 Å². The predicted molar refractivity (Wildman–Crippen MR) is 38.1 cm³/mol. The molecule has 0 N–H and O–H groups in total. The van der Waals surface area contributed by atoms with Gasteiger partial charge in [0.05, 0.1) is 6.20 Å². The number of hydrogen-bond donors (Lipinski definition) is 0. The maximum Gasteiger partial charge on any atom is 0.194 e. The maximum absolute atomic E-state index is 5.72. The summed E-state index contributed by atoms with van der Waals surface area (Å²) in [5.74, 6) is 0. The van der Waals surface area contributed by atoms with Crippen LogP contribution in [0.1, 0.15) is 0 Å². The number of hydrogen-bond acceptors (Lipinski definition) is 2. The second-order valence-corrected chi connectivity index (χ2v) is 2.90. The lowest BCUT2D eigenvalue weighted by Crippen LogP contribution is -1.70. The number of halogens is 1. The Hall–Kier alpha value is -0.540. The lowest BCUT2D eigenvalue weighted by molar-refractivity contribution is 1.23. The average Bonchev–Trinajstić information content (AvgIpc) is 2.35. The van der Waals surface area contributed by atoms with Gasteiger partial charge in [-0.05, 0) is 0 Å². The maximum atomic E-state index is 5.72. The van der Waals surface area contributed by atoms with Crippen molar-refractivity contribution >= 4 is 27.9 Å². The highest BCUT2D eigenvalue weighted by molar-refractivity contribution is 7.15. The largest absolute Gasteiger partial charge is 0.281 e. The van der Waals surface area contributed by atoms with E-state index in [2.05, 4.69) is 4.98 Å². The Morgan fingerprint density at radius 2 is 2.56 bits per heavy atom. The summed E-state index contributed by atoms with van der Waals surface area (Å²) in [5.41, 5.74) is 0. The molecule has 0 aromatic carbocycles. The number of aromatic nitrogens is 2. The Morgan fingerprint density at radius 3 is 3.33 bits per heavy atom. The zero-order valence-corrected chi connectivity index (χ0v) is 5.99. The summed E-state index contributed by atoms with van der Waals surface area (Å²) in [6, 6.07) is 0. The second-order valence-electron chi connectivity index (χ2n) is 1.64. The van der Waals surface area contributed by atoms with E-state index in [1.54, 1.807) is 17.5 Å². The Kier molecular flexibility index (Phi) is 1.00. The summed E-state index contributed by atoms with van der Waals surface area (Å²) in [6.45, 7) is 0. The molecule has 0 saturated carbocycles. The van der Waals surface area contributed by atoms with Crippen LogP contribution in [0.5, 0.6) is 0 Å². The van der Waals surface area contributed by atoms with Crippen LogP contribution in [0.25, 0.3) is 4.96 Å². The van der Waals surface area contributed by atoms with Crippen molar-refractivity contribution in [3.8, 4) is 0 Å². The van der Waals surface area contributed by atoms with Crippen molar-refractivity contribution in [1.29, 1.82) is 0 Å². The molecule has 0 amide bonds. The lowest BCUT2D eigenvalue weighted by atomic mass is 10.9. The summed E-state index contributed by atoms with van der Waals surface area (Å²) >= 11 is 7.30. The minimum Gasteiger partial charge on any atom is -0.281 e. The number of thiazole rings is 1. The van der Waals surface area contributed by atoms with Crippen molar-refractivity contribution in [2.24, 2.45) is 0 Å². The summed E-state index contributed by atoms with van der Waals surface area (Å²) in [4.78, 5) is 4.97. The van der Waals surface area contributed by atoms with E-state index < -0.39 is 0 Å². The van der Waals surface area contributed by atoms with Gasteiger partial charge in [0, 0.05) is 11.6 Å². The van der Waals surface area contributed by atoms with Crippen LogP contribution in [0.15, 0.2) is 17.8 Å². The Morgan fingerprint density at radius 1 is 1.67 bits per heavy atom. The molecule has 2 heterocycles. The topological polar surface area (TPSA) is 17.3 Å². The predicted octanol–water partition coefficient (Wildman–Crippen LogP) is 2.05. The molecule has 0 spiro atoms. The van der Waals surface area contributed by atoms with E-state index >= 15 is 0 Å². The van der Waals surface area contributed by atoms with Crippen molar-refractivity contribution in [2.75, 3.05) is 0 Å². The molecule has 9 heavy (non-hydrogen) atoms. The number of imidazole rings is 1. The fourth-order valence-electron chi connectivity index (χ4n) is 0.699. The first-order valence-corrected chi connectivity index (χ1v) is 3.70. The molecule has 2 nitrogen and oxygen atoms in total. The number of fused-ring (bicyclic) bond motifs is 1. The van der Waals surface area contributed by atoms with Crippen LogP contribution in [0, 0.1) is 0 Å². The van der Waals surface area contributed by atoms with Crippen LogP contribution in [-0.2, 0) is 0 Å². The van der Waals surface area contributed by atoms with Crippen molar-refractivity contribution in [3.63, 3.8) is 0 Å². The Bertz CT molecular complexity index is 324. The van der Waals surface area contributed by atoms with Gasteiger partial charge in [0.2, 0.25) is 0 Å². The van der Waals surface area contributed by atoms with Crippen LogP contribution < -0.4 is 0 Å². The highest BCUT2D eigenvalue weighted by Gasteiger charge is 1.97. The van der Waals surface area contributed by atoms with Crippen LogP contribution in [-0.4, -0.2) is 9.38 Å². The monoisotopic (exact) mass is 158 g/mol. The molecule has 0 aliphatic heterocycles. The minimum atomic E-state index is 0.672. The molecule has 0 saturated heterocycles. The van der Waals surface area contributed by atoms with Crippen molar-refractivity contribution in [1.82, 2.24) is 9.38 Å². The highest BCUT2D eigenvalue weighted by Crippen LogP contribution is 2.15. The number of nitrogens with zero attached hydrogens (tertiary/aromatic N) is 2. The summed E-state index contributed by atoms with van der Waals surface area (Å²) < 4.78 is 1.84. The van der Waals surface area contributed by atoms with E-state index in [1.807, 2.05) is 16.0 Å². The molecular formula is C5H3ClN2S. The molecule has 0 bridgehead atoms. The third-order valence-electron chi connectivity index (χ3n) is 1.10. The van der Waals surface area contributed by atoms with Gasteiger partial charge in [-0.1, -0.05) is 11.6 Å². The van der Waals surface area contributed by atoms with Gasteiger partial charge in [-0.3, -0.25) is 4.40 Å². The van der Waals surface area contributed by atoms with E-state index in [-0.39, 0.29) is 0 Å². The first kappa shape index (κ1) is 5.26. The molecule has 2 aromatic rings. The van der Waals surface area contributed by atoms with Gasteiger partial charge in [-0.15, -0.1) is 11.3 Å². The minimum absolute atomic E-state index is 0.672. The Labute approximate surface area is 60.7 Å². The molecule has 2 rings (SSSR count). The molecule has 2 aromatic heterocycles. The Balaban J connectivity index is 2.99. The molecule has 0 radical (unpaired) electrons. The first-order chi connectivity index (χ1) is 4.38. The molecule has 0 atom stereocenters. The normalized spacial score (nSPS) is 10.8. The van der Waals surface area contributed by atoms with Crippen molar-refractivity contribution in [2.45, 2.75) is 0 Å². The van der Waals surface area contributed by atoms with Crippen molar-refractivity contribution in [3.05, 3.63) is 22.9 Å². The third kappa shape index (κ3) is 0.653. The van der Waals surface area contributed by atoms with Gasteiger partial charge in [0.15, 0.2) is 4.96 Å². The third-order valence-corrected chi connectivity index (χ3v) is 2.15. The summed E-state index contributed by atoms with van der Waals surface area (Å²) in [7, 11) is 0. The molecule has 0 aliphatic carbocycles. The molecule has 4 heteroatoms. The van der Waals surface area contributed by atoms with Gasteiger partial charge >= 0.3 is 0 Å². The fraction of sp³-hybridized carbons (Fsp3) is 0. The fourth-order valence-corrected chi connectivity index (χ4v) is 1.62. The van der Waals surface area contributed by atoms with Crippen LogP contribution in [0.3, 0.4) is 0 Å². The summed E-state index contributed by atoms with van der Waals surface area (Å²) in [6.07, 6.45) is 3.54. The van der Waals surface area contributed by atoms with Crippen LogP contribution in [0.4, 0.5) is 0 Å². The van der Waals surface area contributed by atoms with Gasteiger partial charge in [0.25, 0.3) is 0 Å². The first-order valence-electron chi connectivity index (χ1n) is 2.44. The standard InChI is InChI=1S/C5H3ClN2S/c6-4-3-7-5-8(4)1-2-9-5/h1-3H. The lowest BCUT2D eigenvalue weighted by Gasteiger charge is -1.79. The van der Waals surface area contributed by atoms with Gasteiger partial charge < -0.3 is 0 Å². The molecule has 0 unspecified atom stereocenters. The molecule has 0 fully saturated rings. The quantitative estimate of drug-likeness (QED) is 0.574.